The molecule has 0 spiro atoms. The first kappa shape index (κ1) is 15.6. The molecule has 0 bridgehead atoms. The second kappa shape index (κ2) is 6.16. The summed E-state index contributed by atoms with van der Waals surface area (Å²) in [5, 5.41) is 4.09. The summed E-state index contributed by atoms with van der Waals surface area (Å²) >= 11 is 0. The van der Waals surface area contributed by atoms with Crippen LogP contribution in [0.1, 0.15) is 17.3 Å². The highest BCUT2D eigenvalue weighted by Gasteiger charge is 2.29. The molecule has 1 unspecified atom stereocenters. The van der Waals surface area contributed by atoms with Crippen LogP contribution in [0.3, 0.4) is 0 Å². The molecule has 0 N–H and O–H groups in total. The van der Waals surface area contributed by atoms with E-state index in [1.807, 2.05) is 42.4 Å². The molecule has 2 aromatic heterocycles. The van der Waals surface area contributed by atoms with E-state index >= 15 is 0 Å². The van der Waals surface area contributed by atoms with Gasteiger partial charge < -0.3 is 9.80 Å². The fourth-order valence-corrected chi connectivity index (χ4v) is 3.26. The molecule has 1 aliphatic rings. The fourth-order valence-electron chi connectivity index (χ4n) is 3.26. The SMILES string of the molecule is CC1CN(c2cnc3ccccc3n2)CCN1C(=O)c1cnn(C)c1. The first-order valence-electron chi connectivity index (χ1n) is 8.38. The van der Waals surface area contributed by atoms with Crippen LogP contribution in [-0.4, -0.2) is 56.2 Å². The monoisotopic (exact) mass is 336 g/mol. The Morgan fingerprint density at radius 3 is 2.68 bits per heavy atom. The maximum atomic E-state index is 12.7. The highest BCUT2D eigenvalue weighted by atomic mass is 16.2. The maximum absolute atomic E-state index is 12.7. The van der Waals surface area contributed by atoms with Crippen molar-refractivity contribution in [3.8, 4) is 0 Å². The van der Waals surface area contributed by atoms with Gasteiger partial charge in [0.2, 0.25) is 0 Å². The normalized spacial score (nSPS) is 17.9. The Kier molecular flexibility index (Phi) is 3.83. The van der Waals surface area contributed by atoms with Gasteiger partial charge in [-0.15, -0.1) is 0 Å². The van der Waals surface area contributed by atoms with Crippen molar-refractivity contribution in [1.29, 1.82) is 0 Å². The maximum Gasteiger partial charge on any atom is 0.257 e. The van der Waals surface area contributed by atoms with E-state index in [9.17, 15) is 4.79 Å². The lowest BCUT2D eigenvalue weighted by Crippen LogP contribution is -2.54. The molecule has 1 fully saturated rings. The molecule has 4 rings (SSSR count). The average Bonchev–Trinajstić information content (AvgIpc) is 3.07. The Morgan fingerprint density at radius 2 is 1.96 bits per heavy atom. The van der Waals surface area contributed by atoms with Crippen molar-refractivity contribution >= 4 is 22.8 Å². The number of anilines is 1. The fraction of sp³-hybridized carbons (Fsp3) is 0.333. The van der Waals surface area contributed by atoms with Crippen LogP contribution in [0.15, 0.2) is 42.9 Å². The number of aryl methyl sites for hydroxylation is 1. The molecule has 7 nitrogen and oxygen atoms in total. The molecule has 1 aliphatic heterocycles. The molecule has 0 aliphatic carbocycles. The summed E-state index contributed by atoms with van der Waals surface area (Å²) in [6.07, 6.45) is 5.19. The molecule has 0 radical (unpaired) electrons. The van der Waals surface area contributed by atoms with Gasteiger partial charge in [0.1, 0.15) is 5.82 Å². The van der Waals surface area contributed by atoms with Gasteiger partial charge >= 0.3 is 0 Å². The summed E-state index contributed by atoms with van der Waals surface area (Å²) in [6.45, 7) is 4.20. The van der Waals surface area contributed by atoms with Gasteiger partial charge in [0.15, 0.2) is 0 Å². The number of fused-ring (bicyclic) bond motifs is 1. The average molecular weight is 336 g/mol. The largest absolute Gasteiger partial charge is 0.351 e. The number of hydrogen-bond donors (Lipinski definition) is 0. The highest BCUT2D eigenvalue weighted by molar-refractivity contribution is 5.94. The summed E-state index contributed by atoms with van der Waals surface area (Å²) in [7, 11) is 1.82. The molecule has 3 aromatic rings. The molecular weight excluding hydrogens is 316 g/mol. The van der Waals surface area contributed by atoms with Crippen LogP contribution < -0.4 is 4.90 Å². The van der Waals surface area contributed by atoms with E-state index in [4.69, 9.17) is 4.98 Å². The smallest absolute Gasteiger partial charge is 0.257 e. The minimum absolute atomic E-state index is 0.0323. The van der Waals surface area contributed by atoms with Crippen molar-refractivity contribution in [3.63, 3.8) is 0 Å². The molecule has 1 atom stereocenters. The van der Waals surface area contributed by atoms with Crippen LogP contribution >= 0.6 is 0 Å². The molecule has 7 heteroatoms. The standard InChI is InChI=1S/C18H20N6O/c1-13-11-23(17-10-19-15-5-3-4-6-16(15)21-17)7-8-24(13)18(25)14-9-20-22(2)12-14/h3-6,9-10,12-13H,7-8,11H2,1-2H3. The molecule has 1 saturated heterocycles. The van der Waals surface area contributed by atoms with E-state index < -0.39 is 0 Å². The van der Waals surface area contributed by atoms with Gasteiger partial charge in [-0.2, -0.15) is 5.10 Å². The molecule has 1 amide bonds. The van der Waals surface area contributed by atoms with Gasteiger partial charge in [0, 0.05) is 38.9 Å². The van der Waals surface area contributed by atoms with Gasteiger partial charge in [-0.05, 0) is 19.1 Å². The third-order valence-corrected chi connectivity index (χ3v) is 4.60. The van der Waals surface area contributed by atoms with Crippen molar-refractivity contribution in [1.82, 2.24) is 24.6 Å². The van der Waals surface area contributed by atoms with Crippen molar-refractivity contribution in [3.05, 3.63) is 48.4 Å². The number of amides is 1. The summed E-state index contributed by atoms with van der Waals surface area (Å²) in [5.41, 5.74) is 2.42. The van der Waals surface area contributed by atoms with E-state index in [0.29, 0.717) is 12.1 Å². The third kappa shape index (κ3) is 2.93. The number of benzene rings is 1. The number of para-hydroxylation sites is 2. The Balaban J connectivity index is 1.51. The number of rotatable bonds is 2. The van der Waals surface area contributed by atoms with Gasteiger partial charge in [0.25, 0.3) is 5.91 Å². The lowest BCUT2D eigenvalue weighted by molar-refractivity contribution is 0.0673. The van der Waals surface area contributed by atoms with Crippen LogP contribution in [0.25, 0.3) is 11.0 Å². The van der Waals surface area contributed by atoms with Crippen molar-refractivity contribution in [2.75, 3.05) is 24.5 Å². The van der Waals surface area contributed by atoms with Crippen molar-refractivity contribution in [2.24, 2.45) is 7.05 Å². The summed E-state index contributed by atoms with van der Waals surface area (Å²) in [4.78, 5) is 26.0. The van der Waals surface area contributed by atoms with E-state index in [-0.39, 0.29) is 11.9 Å². The van der Waals surface area contributed by atoms with E-state index in [0.717, 1.165) is 29.9 Å². The molecule has 128 valence electrons. The predicted octanol–water partition coefficient (Wildman–Crippen LogP) is 1.71. The Labute approximate surface area is 145 Å². The first-order valence-corrected chi connectivity index (χ1v) is 8.38. The quantitative estimate of drug-likeness (QED) is 0.713. The van der Waals surface area contributed by atoms with E-state index in [2.05, 4.69) is 21.9 Å². The van der Waals surface area contributed by atoms with Gasteiger partial charge in [-0.3, -0.25) is 14.5 Å². The minimum Gasteiger partial charge on any atom is -0.351 e. The van der Waals surface area contributed by atoms with Gasteiger partial charge in [-0.1, -0.05) is 12.1 Å². The highest BCUT2D eigenvalue weighted by Crippen LogP contribution is 2.20. The molecule has 25 heavy (non-hydrogen) atoms. The van der Waals surface area contributed by atoms with Crippen LogP contribution in [-0.2, 0) is 7.05 Å². The molecule has 3 heterocycles. The second-order valence-electron chi connectivity index (χ2n) is 6.41. The zero-order valence-electron chi connectivity index (χ0n) is 14.3. The number of carbonyl (C=O) groups excluding carboxylic acids is 1. The Bertz CT molecular complexity index is 921. The Hall–Kier alpha value is -2.96. The lowest BCUT2D eigenvalue weighted by Gasteiger charge is -2.40. The molecule has 0 saturated carbocycles. The number of nitrogens with zero attached hydrogens (tertiary/aromatic N) is 6. The summed E-state index contributed by atoms with van der Waals surface area (Å²) < 4.78 is 1.65. The number of aromatic nitrogens is 4. The lowest BCUT2D eigenvalue weighted by atomic mass is 10.1. The zero-order valence-corrected chi connectivity index (χ0v) is 14.3. The van der Waals surface area contributed by atoms with Crippen molar-refractivity contribution in [2.45, 2.75) is 13.0 Å². The zero-order chi connectivity index (χ0) is 17.4. The first-order chi connectivity index (χ1) is 12.1. The third-order valence-electron chi connectivity index (χ3n) is 4.60. The van der Waals surface area contributed by atoms with Crippen LogP contribution in [0, 0.1) is 0 Å². The number of hydrogen-bond acceptors (Lipinski definition) is 5. The molecular formula is C18H20N6O. The molecule has 1 aromatic carbocycles. The van der Waals surface area contributed by atoms with E-state index in [1.54, 1.807) is 17.1 Å². The van der Waals surface area contributed by atoms with Crippen molar-refractivity contribution < 1.29 is 4.79 Å². The Morgan fingerprint density at radius 1 is 1.16 bits per heavy atom. The van der Waals surface area contributed by atoms with Crippen LogP contribution in [0.5, 0.6) is 0 Å². The topological polar surface area (TPSA) is 67.2 Å². The van der Waals surface area contributed by atoms with Crippen LogP contribution in [0.2, 0.25) is 0 Å². The van der Waals surface area contributed by atoms with Gasteiger partial charge in [-0.25, -0.2) is 4.98 Å². The number of carbonyl (C=O) groups is 1. The predicted molar refractivity (Wildman–Crippen MR) is 95.5 cm³/mol. The van der Waals surface area contributed by atoms with E-state index in [1.165, 1.54) is 0 Å². The van der Waals surface area contributed by atoms with Gasteiger partial charge in [0.05, 0.1) is 29.0 Å². The number of piperazine rings is 1. The second-order valence-corrected chi connectivity index (χ2v) is 6.41. The summed E-state index contributed by atoms with van der Waals surface area (Å²) in [5.74, 6) is 0.892. The minimum atomic E-state index is 0.0323. The van der Waals surface area contributed by atoms with Crippen LogP contribution in [0.4, 0.5) is 5.82 Å². The summed E-state index contributed by atoms with van der Waals surface area (Å²) in [6, 6.07) is 7.95.